The predicted octanol–water partition coefficient (Wildman–Crippen LogP) is 4.46. The first-order valence-corrected chi connectivity index (χ1v) is 8.24. The highest BCUT2D eigenvalue weighted by Gasteiger charge is 2.36. The number of benzene rings is 1. The summed E-state index contributed by atoms with van der Waals surface area (Å²) >= 11 is 3.54. The van der Waals surface area contributed by atoms with Crippen LogP contribution in [0.5, 0.6) is 0 Å². The molecule has 2 rings (SSSR count). The molecular weight excluding hydrogens is 359 g/mol. The van der Waals surface area contributed by atoms with Gasteiger partial charge in [-0.25, -0.2) is 0 Å². The molecule has 1 fully saturated rings. The molecule has 0 aliphatic heterocycles. The van der Waals surface area contributed by atoms with Gasteiger partial charge in [-0.15, -0.1) is 0 Å². The van der Waals surface area contributed by atoms with E-state index in [1.807, 2.05) is 0 Å². The van der Waals surface area contributed by atoms with Crippen molar-refractivity contribution >= 4 is 21.8 Å². The monoisotopic (exact) mass is 377 g/mol. The van der Waals surface area contributed by atoms with E-state index in [9.17, 15) is 18.0 Å². The van der Waals surface area contributed by atoms with Crippen LogP contribution >= 0.6 is 15.9 Å². The summed E-state index contributed by atoms with van der Waals surface area (Å²) in [6.07, 6.45) is 1.11. The van der Waals surface area contributed by atoms with E-state index in [1.54, 1.807) is 0 Å². The normalized spacial score (nSPS) is 18.0. The van der Waals surface area contributed by atoms with Gasteiger partial charge in [0, 0.05) is 6.54 Å². The molecule has 1 aromatic carbocycles. The van der Waals surface area contributed by atoms with E-state index in [-0.39, 0.29) is 5.91 Å². The van der Waals surface area contributed by atoms with Crippen molar-refractivity contribution in [2.24, 2.45) is 0 Å². The molecule has 0 heterocycles. The van der Waals surface area contributed by atoms with Crippen molar-refractivity contribution in [2.45, 2.75) is 49.0 Å². The van der Waals surface area contributed by atoms with Gasteiger partial charge in [0.1, 0.15) is 4.32 Å². The van der Waals surface area contributed by atoms with Crippen LogP contribution in [0.4, 0.5) is 13.2 Å². The average Bonchev–Trinajstić information content (AvgIpc) is 2.47. The molecule has 0 unspecified atom stereocenters. The number of amides is 1. The lowest BCUT2D eigenvalue weighted by Crippen LogP contribution is -2.44. The molecule has 0 atom stereocenters. The van der Waals surface area contributed by atoms with Crippen LogP contribution in [-0.4, -0.2) is 16.8 Å². The number of hydrogen-bond donors (Lipinski definition) is 1. The fourth-order valence-electron chi connectivity index (χ4n) is 2.68. The van der Waals surface area contributed by atoms with Crippen LogP contribution in [0.2, 0.25) is 0 Å². The Hall–Kier alpha value is -1.04. The van der Waals surface area contributed by atoms with Crippen molar-refractivity contribution in [3.05, 3.63) is 35.4 Å². The van der Waals surface area contributed by atoms with Crippen LogP contribution in [0.15, 0.2) is 24.3 Å². The van der Waals surface area contributed by atoms with E-state index in [0.29, 0.717) is 13.0 Å². The Balaban J connectivity index is 1.82. The molecule has 1 amide bonds. The van der Waals surface area contributed by atoms with Crippen LogP contribution in [0.25, 0.3) is 0 Å². The Morgan fingerprint density at radius 1 is 1.14 bits per heavy atom. The SMILES string of the molecule is O=C(NCCc1ccc(C(F)(F)F)cc1)C1(Br)CCCCC1. The second-order valence-electron chi connectivity index (χ2n) is 5.73. The molecule has 1 aliphatic rings. The average molecular weight is 378 g/mol. The number of nitrogens with one attached hydrogen (secondary N) is 1. The second-order valence-corrected chi connectivity index (χ2v) is 7.24. The molecule has 2 nitrogen and oxygen atoms in total. The van der Waals surface area contributed by atoms with Gasteiger partial charge >= 0.3 is 6.18 Å². The van der Waals surface area contributed by atoms with Crippen LogP contribution in [-0.2, 0) is 17.4 Å². The fourth-order valence-corrected chi connectivity index (χ4v) is 3.38. The zero-order valence-corrected chi connectivity index (χ0v) is 13.8. The molecule has 1 saturated carbocycles. The summed E-state index contributed by atoms with van der Waals surface area (Å²) in [4.78, 5) is 12.2. The van der Waals surface area contributed by atoms with Crippen LogP contribution in [0, 0.1) is 0 Å². The molecule has 1 aromatic rings. The number of hydrogen-bond acceptors (Lipinski definition) is 1. The zero-order chi connectivity index (χ0) is 16.2. The van der Waals surface area contributed by atoms with Crippen molar-refractivity contribution in [3.63, 3.8) is 0 Å². The van der Waals surface area contributed by atoms with E-state index in [1.165, 1.54) is 12.1 Å². The van der Waals surface area contributed by atoms with E-state index in [2.05, 4.69) is 21.2 Å². The number of carbonyl (C=O) groups is 1. The number of rotatable bonds is 4. The van der Waals surface area contributed by atoms with Gasteiger partial charge in [-0.1, -0.05) is 47.3 Å². The van der Waals surface area contributed by atoms with E-state index in [0.717, 1.165) is 49.8 Å². The molecule has 0 radical (unpaired) electrons. The molecule has 0 spiro atoms. The summed E-state index contributed by atoms with van der Waals surface area (Å²) in [6.45, 7) is 0.428. The summed E-state index contributed by atoms with van der Waals surface area (Å²) in [5.41, 5.74) is 0.127. The maximum atomic E-state index is 12.5. The van der Waals surface area contributed by atoms with Crippen LogP contribution < -0.4 is 5.32 Å². The first-order chi connectivity index (χ1) is 10.3. The molecule has 0 saturated heterocycles. The van der Waals surface area contributed by atoms with Crippen LogP contribution in [0.1, 0.15) is 43.2 Å². The topological polar surface area (TPSA) is 29.1 Å². The molecule has 0 bridgehead atoms. The Labute approximate surface area is 136 Å². The first kappa shape index (κ1) is 17.3. The Morgan fingerprint density at radius 2 is 1.73 bits per heavy atom. The van der Waals surface area contributed by atoms with Crippen molar-refractivity contribution in [3.8, 4) is 0 Å². The summed E-state index contributed by atoms with van der Waals surface area (Å²) in [7, 11) is 0. The van der Waals surface area contributed by atoms with Gasteiger partial charge in [-0.3, -0.25) is 4.79 Å². The van der Waals surface area contributed by atoms with E-state index < -0.39 is 16.1 Å². The third-order valence-electron chi connectivity index (χ3n) is 4.03. The molecule has 122 valence electrons. The van der Waals surface area contributed by atoms with E-state index in [4.69, 9.17) is 0 Å². The highest BCUT2D eigenvalue weighted by atomic mass is 79.9. The van der Waals surface area contributed by atoms with Gasteiger partial charge in [0.25, 0.3) is 0 Å². The summed E-state index contributed by atoms with van der Waals surface area (Å²) < 4.78 is 36.9. The van der Waals surface area contributed by atoms with Gasteiger partial charge in [-0.05, 0) is 37.0 Å². The Kier molecular flexibility index (Phi) is 5.53. The summed E-state index contributed by atoms with van der Waals surface area (Å²) in [5.74, 6) is -0.0147. The van der Waals surface area contributed by atoms with Crippen molar-refractivity contribution in [2.75, 3.05) is 6.54 Å². The van der Waals surface area contributed by atoms with E-state index >= 15 is 0 Å². The van der Waals surface area contributed by atoms with Crippen molar-refractivity contribution in [1.29, 1.82) is 0 Å². The number of halogens is 4. The third kappa shape index (κ3) is 4.48. The van der Waals surface area contributed by atoms with Gasteiger partial charge < -0.3 is 5.32 Å². The molecule has 0 aromatic heterocycles. The lowest BCUT2D eigenvalue weighted by Gasteiger charge is -2.30. The molecule has 22 heavy (non-hydrogen) atoms. The highest BCUT2D eigenvalue weighted by Crippen LogP contribution is 2.36. The van der Waals surface area contributed by atoms with Gasteiger partial charge in [0.05, 0.1) is 5.56 Å². The van der Waals surface area contributed by atoms with Crippen LogP contribution in [0.3, 0.4) is 0 Å². The molecule has 1 N–H and O–H groups in total. The Bertz CT molecular complexity index is 507. The quantitative estimate of drug-likeness (QED) is 0.771. The standard InChI is InChI=1S/C16H19BrF3NO/c17-15(9-2-1-3-10-15)14(22)21-11-8-12-4-6-13(7-5-12)16(18,19)20/h4-7H,1-3,8-11H2,(H,21,22). The minimum absolute atomic E-state index is 0.0147. The number of carbonyl (C=O) groups excluding carboxylic acids is 1. The third-order valence-corrected chi connectivity index (χ3v) is 5.19. The maximum absolute atomic E-state index is 12.5. The Morgan fingerprint density at radius 3 is 2.27 bits per heavy atom. The molecule has 6 heteroatoms. The lowest BCUT2D eigenvalue weighted by molar-refractivity contribution is -0.137. The van der Waals surface area contributed by atoms with Gasteiger partial charge in [0.15, 0.2) is 0 Å². The predicted molar refractivity (Wildman–Crippen MR) is 82.9 cm³/mol. The zero-order valence-electron chi connectivity index (χ0n) is 12.2. The smallest absolute Gasteiger partial charge is 0.355 e. The summed E-state index contributed by atoms with van der Waals surface area (Å²) in [6, 6.07) is 5.06. The maximum Gasteiger partial charge on any atom is 0.416 e. The van der Waals surface area contributed by atoms with Crippen molar-refractivity contribution < 1.29 is 18.0 Å². The summed E-state index contributed by atoms with van der Waals surface area (Å²) in [5, 5.41) is 2.88. The lowest BCUT2D eigenvalue weighted by atomic mass is 9.88. The highest BCUT2D eigenvalue weighted by molar-refractivity contribution is 9.10. The number of alkyl halides is 4. The fraction of sp³-hybridized carbons (Fsp3) is 0.562. The van der Waals surface area contributed by atoms with Gasteiger partial charge in [0.2, 0.25) is 5.91 Å². The van der Waals surface area contributed by atoms with Gasteiger partial charge in [-0.2, -0.15) is 13.2 Å². The minimum atomic E-state index is -4.31. The molecular formula is C16H19BrF3NO. The second kappa shape index (κ2) is 7.02. The largest absolute Gasteiger partial charge is 0.416 e. The molecule has 1 aliphatic carbocycles. The minimum Gasteiger partial charge on any atom is -0.355 e. The van der Waals surface area contributed by atoms with Crippen molar-refractivity contribution in [1.82, 2.24) is 5.32 Å². The first-order valence-electron chi connectivity index (χ1n) is 7.45.